The Hall–Kier alpha value is -2.49. The van der Waals surface area contributed by atoms with Crippen LogP contribution in [0.1, 0.15) is 16.7 Å². The molecule has 0 radical (unpaired) electrons. The highest BCUT2D eigenvalue weighted by atomic mass is 16.5. The Morgan fingerprint density at radius 2 is 1.71 bits per heavy atom. The zero-order valence-corrected chi connectivity index (χ0v) is 12.6. The van der Waals surface area contributed by atoms with E-state index in [9.17, 15) is 4.79 Å². The molecule has 4 nitrogen and oxygen atoms in total. The predicted molar refractivity (Wildman–Crippen MR) is 85.6 cm³/mol. The maximum atomic E-state index is 12.0. The van der Waals surface area contributed by atoms with Gasteiger partial charge in [0.2, 0.25) is 0 Å². The van der Waals surface area contributed by atoms with Gasteiger partial charge in [-0.15, -0.1) is 0 Å². The number of carbonyl (C=O) groups is 1. The van der Waals surface area contributed by atoms with E-state index in [2.05, 4.69) is 5.32 Å². The van der Waals surface area contributed by atoms with Crippen LogP contribution < -0.4 is 15.8 Å². The zero-order chi connectivity index (χ0) is 15.4. The summed E-state index contributed by atoms with van der Waals surface area (Å²) in [5.74, 6) is 0.559. The number of para-hydroxylation sites is 1. The monoisotopic (exact) mass is 284 g/mol. The van der Waals surface area contributed by atoms with E-state index in [1.54, 1.807) is 6.07 Å². The van der Waals surface area contributed by atoms with Crippen LogP contribution in [0.2, 0.25) is 0 Å². The number of nitrogen functional groups attached to an aromatic ring is 1. The van der Waals surface area contributed by atoms with Crippen LogP contribution in [-0.4, -0.2) is 12.5 Å². The van der Waals surface area contributed by atoms with Gasteiger partial charge in [-0.1, -0.05) is 24.3 Å². The fourth-order valence-electron chi connectivity index (χ4n) is 2.14. The first-order chi connectivity index (χ1) is 9.99. The average Bonchev–Trinajstić information content (AvgIpc) is 2.43. The van der Waals surface area contributed by atoms with Crippen molar-refractivity contribution in [1.29, 1.82) is 0 Å². The average molecular weight is 284 g/mol. The normalized spacial score (nSPS) is 10.2. The van der Waals surface area contributed by atoms with Gasteiger partial charge in [0.1, 0.15) is 5.75 Å². The van der Waals surface area contributed by atoms with Crippen molar-refractivity contribution in [3.8, 4) is 5.75 Å². The van der Waals surface area contributed by atoms with Crippen molar-refractivity contribution in [2.75, 3.05) is 17.7 Å². The molecule has 0 spiro atoms. The number of hydrogen-bond donors (Lipinski definition) is 2. The summed E-state index contributed by atoms with van der Waals surface area (Å²) in [5, 5.41) is 2.82. The third-order valence-corrected chi connectivity index (χ3v) is 3.41. The van der Waals surface area contributed by atoms with E-state index < -0.39 is 0 Å². The second-order valence-corrected chi connectivity index (χ2v) is 5.08. The van der Waals surface area contributed by atoms with E-state index in [0.29, 0.717) is 11.4 Å². The van der Waals surface area contributed by atoms with Crippen molar-refractivity contribution in [2.45, 2.75) is 20.8 Å². The Balaban J connectivity index is 2.01. The largest absolute Gasteiger partial charge is 0.483 e. The lowest BCUT2D eigenvalue weighted by Gasteiger charge is -2.13. The number of benzene rings is 2. The molecule has 0 heterocycles. The van der Waals surface area contributed by atoms with Crippen LogP contribution in [0.5, 0.6) is 5.75 Å². The lowest BCUT2D eigenvalue weighted by Crippen LogP contribution is -2.21. The van der Waals surface area contributed by atoms with Crippen LogP contribution in [0.3, 0.4) is 0 Å². The summed E-state index contributed by atoms with van der Waals surface area (Å²) in [7, 11) is 0. The van der Waals surface area contributed by atoms with Gasteiger partial charge in [-0.25, -0.2) is 0 Å². The molecule has 0 aliphatic heterocycles. The molecular weight excluding hydrogens is 264 g/mol. The Morgan fingerprint density at radius 3 is 2.38 bits per heavy atom. The van der Waals surface area contributed by atoms with Crippen LogP contribution in [0, 0.1) is 20.8 Å². The number of nitrogens with two attached hydrogens (primary N) is 1. The lowest BCUT2D eigenvalue weighted by molar-refractivity contribution is -0.118. The molecule has 0 aliphatic rings. The maximum absolute atomic E-state index is 12.0. The molecule has 110 valence electrons. The van der Waals surface area contributed by atoms with Crippen LogP contribution in [-0.2, 0) is 4.79 Å². The van der Waals surface area contributed by atoms with E-state index in [-0.39, 0.29) is 12.5 Å². The first kappa shape index (κ1) is 14.9. The number of rotatable bonds is 4. The molecule has 0 saturated carbocycles. The van der Waals surface area contributed by atoms with Gasteiger partial charge in [-0.05, 0) is 49.6 Å². The summed E-state index contributed by atoms with van der Waals surface area (Å²) in [6.07, 6.45) is 0. The molecule has 0 aromatic heterocycles. The molecule has 2 rings (SSSR count). The van der Waals surface area contributed by atoms with Crippen molar-refractivity contribution >= 4 is 17.3 Å². The Kier molecular flexibility index (Phi) is 4.48. The van der Waals surface area contributed by atoms with Gasteiger partial charge in [0.25, 0.3) is 5.91 Å². The number of carbonyl (C=O) groups excluding carboxylic acids is 1. The molecule has 0 fully saturated rings. The molecule has 21 heavy (non-hydrogen) atoms. The second kappa shape index (κ2) is 6.31. The molecule has 1 amide bonds. The topological polar surface area (TPSA) is 64.3 Å². The van der Waals surface area contributed by atoms with E-state index in [1.165, 1.54) is 0 Å². The van der Waals surface area contributed by atoms with Gasteiger partial charge in [0.05, 0.1) is 0 Å². The Labute approximate surface area is 124 Å². The number of anilines is 2. The fourth-order valence-corrected chi connectivity index (χ4v) is 2.14. The summed E-state index contributed by atoms with van der Waals surface area (Å²) in [6, 6.07) is 11.3. The maximum Gasteiger partial charge on any atom is 0.262 e. The minimum Gasteiger partial charge on any atom is -0.483 e. The molecule has 0 aliphatic carbocycles. The minimum atomic E-state index is -0.202. The summed E-state index contributed by atoms with van der Waals surface area (Å²) in [5.41, 5.74) is 10.1. The van der Waals surface area contributed by atoms with Crippen molar-refractivity contribution in [3.05, 3.63) is 53.1 Å². The van der Waals surface area contributed by atoms with Gasteiger partial charge < -0.3 is 15.8 Å². The smallest absolute Gasteiger partial charge is 0.262 e. The van der Waals surface area contributed by atoms with Gasteiger partial charge in [0, 0.05) is 11.4 Å². The van der Waals surface area contributed by atoms with Gasteiger partial charge in [-0.2, -0.15) is 0 Å². The van der Waals surface area contributed by atoms with Gasteiger partial charge in [0.15, 0.2) is 6.61 Å². The van der Waals surface area contributed by atoms with Crippen LogP contribution >= 0.6 is 0 Å². The zero-order valence-electron chi connectivity index (χ0n) is 12.6. The van der Waals surface area contributed by atoms with Crippen molar-refractivity contribution < 1.29 is 9.53 Å². The molecule has 3 N–H and O–H groups in total. The van der Waals surface area contributed by atoms with Crippen molar-refractivity contribution in [1.82, 2.24) is 0 Å². The van der Waals surface area contributed by atoms with E-state index in [0.717, 1.165) is 22.4 Å². The molecule has 2 aromatic carbocycles. The highest BCUT2D eigenvalue weighted by Gasteiger charge is 2.09. The van der Waals surface area contributed by atoms with Crippen LogP contribution in [0.4, 0.5) is 11.4 Å². The Morgan fingerprint density at radius 1 is 1.10 bits per heavy atom. The summed E-state index contributed by atoms with van der Waals surface area (Å²) >= 11 is 0. The molecule has 2 aromatic rings. The number of nitrogens with one attached hydrogen (secondary N) is 1. The van der Waals surface area contributed by atoms with E-state index in [1.807, 2.05) is 51.1 Å². The molecular formula is C17H20N2O2. The third-order valence-electron chi connectivity index (χ3n) is 3.41. The quantitative estimate of drug-likeness (QED) is 0.847. The van der Waals surface area contributed by atoms with E-state index in [4.69, 9.17) is 10.5 Å². The second-order valence-electron chi connectivity index (χ2n) is 5.08. The highest BCUT2D eigenvalue weighted by molar-refractivity contribution is 5.93. The standard InChI is InChI=1S/C17H20N2O2/c1-11-6-4-7-12(2)17(11)21-10-16(20)19-15-9-5-8-14(18)13(15)3/h4-9H,10,18H2,1-3H3,(H,19,20). The van der Waals surface area contributed by atoms with Crippen molar-refractivity contribution in [3.63, 3.8) is 0 Å². The Bertz CT molecular complexity index is 646. The van der Waals surface area contributed by atoms with E-state index >= 15 is 0 Å². The van der Waals surface area contributed by atoms with Gasteiger partial charge >= 0.3 is 0 Å². The molecule has 0 unspecified atom stereocenters. The van der Waals surface area contributed by atoms with Crippen molar-refractivity contribution in [2.24, 2.45) is 0 Å². The summed E-state index contributed by atoms with van der Waals surface area (Å²) in [4.78, 5) is 12.0. The van der Waals surface area contributed by atoms with Crippen LogP contribution in [0.15, 0.2) is 36.4 Å². The third kappa shape index (κ3) is 3.54. The fraction of sp³-hybridized carbons (Fsp3) is 0.235. The van der Waals surface area contributed by atoms with Gasteiger partial charge in [-0.3, -0.25) is 4.79 Å². The highest BCUT2D eigenvalue weighted by Crippen LogP contribution is 2.23. The first-order valence-electron chi connectivity index (χ1n) is 6.83. The number of aryl methyl sites for hydroxylation is 2. The first-order valence-corrected chi connectivity index (χ1v) is 6.83. The molecule has 0 bridgehead atoms. The lowest BCUT2D eigenvalue weighted by atomic mass is 10.1. The number of ether oxygens (including phenoxy) is 1. The number of amides is 1. The summed E-state index contributed by atoms with van der Waals surface area (Å²) in [6.45, 7) is 5.77. The minimum absolute atomic E-state index is 0.0278. The van der Waals surface area contributed by atoms with Crippen LogP contribution in [0.25, 0.3) is 0 Å². The molecule has 0 saturated heterocycles. The number of hydrogen-bond acceptors (Lipinski definition) is 3. The SMILES string of the molecule is Cc1cccc(C)c1OCC(=O)Nc1cccc(N)c1C. The predicted octanol–water partition coefficient (Wildman–Crippen LogP) is 3.21. The molecule has 4 heteroatoms. The molecule has 0 atom stereocenters. The summed E-state index contributed by atoms with van der Waals surface area (Å²) < 4.78 is 5.63.